The first-order valence-electron chi connectivity index (χ1n) is 9.72. The molecule has 0 radical (unpaired) electrons. The number of allylic oxidation sites excluding steroid dienone is 12. The van der Waals surface area contributed by atoms with Crippen molar-refractivity contribution >= 4 is 5.78 Å². The zero-order valence-corrected chi connectivity index (χ0v) is 16.2. The molecular formula is C24H36O. The molecule has 0 fully saturated rings. The zero-order chi connectivity index (χ0) is 18.4. The Kier molecular flexibility index (Phi) is 18.6. The summed E-state index contributed by atoms with van der Waals surface area (Å²) >= 11 is 0. The van der Waals surface area contributed by atoms with Crippen LogP contribution in [0.3, 0.4) is 0 Å². The first kappa shape index (κ1) is 23.1. The summed E-state index contributed by atoms with van der Waals surface area (Å²) in [6, 6.07) is 0. The van der Waals surface area contributed by atoms with Crippen LogP contribution >= 0.6 is 0 Å². The Balaban J connectivity index is 3.53. The van der Waals surface area contributed by atoms with Crippen LogP contribution in [-0.2, 0) is 4.79 Å². The van der Waals surface area contributed by atoms with E-state index < -0.39 is 0 Å². The van der Waals surface area contributed by atoms with E-state index in [1.165, 1.54) is 0 Å². The van der Waals surface area contributed by atoms with Gasteiger partial charge in [-0.15, -0.1) is 0 Å². The third-order valence-corrected chi connectivity index (χ3v) is 3.58. The lowest BCUT2D eigenvalue weighted by Gasteiger charge is -1.91. The van der Waals surface area contributed by atoms with Crippen molar-refractivity contribution < 1.29 is 4.79 Å². The quantitative estimate of drug-likeness (QED) is 0.283. The normalized spacial score (nSPS) is 13.0. The summed E-state index contributed by atoms with van der Waals surface area (Å²) in [5.74, 6) is 0.347. The molecule has 0 unspecified atom stereocenters. The van der Waals surface area contributed by atoms with Crippen molar-refractivity contribution in [3.05, 3.63) is 72.9 Å². The van der Waals surface area contributed by atoms with Gasteiger partial charge in [-0.2, -0.15) is 0 Å². The first-order valence-corrected chi connectivity index (χ1v) is 9.72. The minimum Gasteiger partial charge on any atom is -0.300 e. The van der Waals surface area contributed by atoms with Crippen LogP contribution in [-0.4, -0.2) is 5.78 Å². The van der Waals surface area contributed by atoms with Gasteiger partial charge < -0.3 is 0 Å². The third kappa shape index (κ3) is 20.1. The number of hydrogen-bond donors (Lipinski definition) is 0. The standard InChI is InChI=1S/C24H36O/c1-3-5-6-7-8-9-10-11-12-13-14-15-16-17-18-19-20-21-22-23-24(25)4-2/h5-6,8-9,11-12,14-15,17-18,20-21H,3-4,7,10,13,16,19,22-23H2,1-2H3/b6-5-,9-8+,12-11+,15-14+,18-17+,21-20+. The lowest BCUT2D eigenvalue weighted by Crippen LogP contribution is -1.92. The molecule has 0 spiro atoms. The van der Waals surface area contributed by atoms with E-state index in [4.69, 9.17) is 0 Å². The SMILES string of the molecule is CC/C=C\C/C=C/C/C=C/C/C=C/C/C=C/C/C=C/CCC(=O)CC. The Hall–Kier alpha value is -1.89. The Labute approximate surface area is 155 Å². The summed E-state index contributed by atoms with van der Waals surface area (Å²) in [6.07, 6.45) is 34.6. The molecule has 0 aromatic rings. The van der Waals surface area contributed by atoms with Gasteiger partial charge in [0, 0.05) is 12.8 Å². The molecule has 0 aliphatic heterocycles. The van der Waals surface area contributed by atoms with E-state index in [9.17, 15) is 4.79 Å². The molecule has 138 valence electrons. The molecule has 0 aliphatic rings. The van der Waals surface area contributed by atoms with Crippen LogP contribution in [0.15, 0.2) is 72.9 Å². The van der Waals surface area contributed by atoms with Crippen LogP contribution < -0.4 is 0 Å². The van der Waals surface area contributed by atoms with Gasteiger partial charge in [0.25, 0.3) is 0 Å². The average Bonchev–Trinajstić information content (AvgIpc) is 2.63. The lowest BCUT2D eigenvalue weighted by atomic mass is 10.1. The highest BCUT2D eigenvalue weighted by Gasteiger charge is 1.93. The van der Waals surface area contributed by atoms with Crippen molar-refractivity contribution in [3.8, 4) is 0 Å². The van der Waals surface area contributed by atoms with Crippen LogP contribution in [0.2, 0.25) is 0 Å². The van der Waals surface area contributed by atoms with Gasteiger partial charge in [-0.1, -0.05) is 86.8 Å². The number of carbonyl (C=O) groups excluding carboxylic acids is 1. The van der Waals surface area contributed by atoms with Gasteiger partial charge in [0.1, 0.15) is 5.78 Å². The largest absolute Gasteiger partial charge is 0.300 e. The van der Waals surface area contributed by atoms with Crippen molar-refractivity contribution in [3.63, 3.8) is 0 Å². The molecule has 25 heavy (non-hydrogen) atoms. The molecule has 0 atom stereocenters. The molecule has 0 rings (SSSR count). The van der Waals surface area contributed by atoms with Crippen molar-refractivity contribution in [1.29, 1.82) is 0 Å². The topological polar surface area (TPSA) is 17.1 Å². The van der Waals surface area contributed by atoms with E-state index in [2.05, 4.69) is 79.8 Å². The number of carbonyl (C=O) groups is 1. The van der Waals surface area contributed by atoms with Crippen molar-refractivity contribution in [2.24, 2.45) is 0 Å². The van der Waals surface area contributed by atoms with E-state index in [0.29, 0.717) is 18.6 Å². The average molecular weight is 341 g/mol. The summed E-state index contributed by atoms with van der Waals surface area (Å²) in [7, 11) is 0. The van der Waals surface area contributed by atoms with Crippen LogP contribution in [0, 0.1) is 0 Å². The maximum absolute atomic E-state index is 11.1. The number of rotatable bonds is 15. The highest BCUT2D eigenvalue weighted by Crippen LogP contribution is 1.99. The molecule has 0 aromatic carbocycles. The van der Waals surface area contributed by atoms with Crippen LogP contribution in [0.5, 0.6) is 0 Å². The number of Topliss-reactive ketones (excluding diaryl/α,β-unsaturated/α-hetero) is 1. The molecule has 0 bridgehead atoms. The summed E-state index contributed by atoms with van der Waals surface area (Å²) in [4.78, 5) is 11.1. The van der Waals surface area contributed by atoms with Gasteiger partial charge in [0.15, 0.2) is 0 Å². The smallest absolute Gasteiger partial charge is 0.132 e. The molecule has 1 heteroatoms. The third-order valence-electron chi connectivity index (χ3n) is 3.58. The Morgan fingerprint density at radius 1 is 0.560 bits per heavy atom. The number of ketones is 1. The van der Waals surface area contributed by atoms with Gasteiger partial charge in [-0.3, -0.25) is 4.79 Å². The van der Waals surface area contributed by atoms with E-state index in [1.54, 1.807) is 0 Å². The van der Waals surface area contributed by atoms with Gasteiger partial charge in [0.2, 0.25) is 0 Å². The fourth-order valence-corrected chi connectivity index (χ4v) is 2.06. The molecule has 1 nitrogen and oxygen atoms in total. The minimum atomic E-state index is 0.347. The summed E-state index contributed by atoms with van der Waals surface area (Å²) < 4.78 is 0. The number of hydrogen-bond acceptors (Lipinski definition) is 1. The van der Waals surface area contributed by atoms with Crippen LogP contribution in [0.4, 0.5) is 0 Å². The van der Waals surface area contributed by atoms with E-state index in [0.717, 1.165) is 44.9 Å². The second-order valence-electron chi connectivity index (χ2n) is 5.85. The Bertz CT molecular complexity index is 472. The van der Waals surface area contributed by atoms with Crippen molar-refractivity contribution in [1.82, 2.24) is 0 Å². The summed E-state index contributed by atoms with van der Waals surface area (Å²) in [5.41, 5.74) is 0. The van der Waals surface area contributed by atoms with Crippen LogP contribution in [0.25, 0.3) is 0 Å². The first-order chi connectivity index (χ1) is 12.3. The molecule has 0 aromatic heterocycles. The molecule has 0 N–H and O–H groups in total. The predicted octanol–water partition coefficient (Wildman–Crippen LogP) is 7.44. The van der Waals surface area contributed by atoms with E-state index in [-0.39, 0.29) is 0 Å². The monoisotopic (exact) mass is 340 g/mol. The molecule has 0 saturated heterocycles. The zero-order valence-electron chi connectivity index (χ0n) is 16.2. The van der Waals surface area contributed by atoms with E-state index in [1.807, 2.05) is 6.92 Å². The molecule has 0 saturated carbocycles. The highest BCUT2D eigenvalue weighted by molar-refractivity contribution is 5.78. The van der Waals surface area contributed by atoms with Crippen molar-refractivity contribution in [2.45, 2.75) is 71.6 Å². The maximum Gasteiger partial charge on any atom is 0.132 e. The fraction of sp³-hybridized carbons (Fsp3) is 0.458. The van der Waals surface area contributed by atoms with Gasteiger partial charge >= 0.3 is 0 Å². The molecule has 0 amide bonds. The Morgan fingerprint density at radius 2 is 0.920 bits per heavy atom. The highest BCUT2D eigenvalue weighted by atomic mass is 16.1. The maximum atomic E-state index is 11.1. The molecular weight excluding hydrogens is 304 g/mol. The minimum absolute atomic E-state index is 0.347. The lowest BCUT2D eigenvalue weighted by molar-refractivity contribution is -0.118. The van der Waals surface area contributed by atoms with Gasteiger partial charge in [-0.25, -0.2) is 0 Å². The van der Waals surface area contributed by atoms with Crippen molar-refractivity contribution in [2.75, 3.05) is 0 Å². The van der Waals surface area contributed by atoms with Gasteiger partial charge in [0.05, 0.1) is 0 Å². The molecule has 0 heterocycles. The second kappa shape index (κ2) is 20.2. The predicted molar refractivity (Wildman–Crippen MR) is 113 cm³/mol. The van der Waals surface area contributed by atoms with E-state index >= 15 is 0 Å². The summed E-state index contributed by atoms with van der Waals surface area (Å²) in [5, 5.41) is 0. The molecule has 0 aliphatic carbocycles. The Morgan fingerprint density at radius 3 is 1.28 bits per heavy atom. The van der Waals surface area contributed by atoms with Crippen LogP contribution in [0.1, 0.15) is 71.6 Å². The fourth-order valence-electron chi connectivity index (χ4n) is 2.06. The van der Waals surface area contributed by atoms with Gasteiger partial charge in [-0.05, 0) is 44.9 Å². The summed E-state index contributed by atoms with van der Waals surface area (Å²) in [6.45, 7) is 4.07. The second-order valence-corrected chi connectivity index (χ2v) is 5.85.